The Labute approximate surface area is 143 Å². The normalized spacial score (nSPS) is 10.7. The van der Waals surface area contributed by atoms with E-state index in [-0.39, 0.29) is 11.7 Å². The summed E-state index contributed by atoms with van der Waals surface area (Å²) in [4.78, 5) is 17.4. The standard InChI is InChI=1S/C17H17FN6O/c1-3-17(25)20-10-13-9-19-15(12-4-6-14(18)7-5-12)8-16(13)24-22-11(2)21-23-24/h4-9H,3,10H2,1-2H3,(H,20,25). The van der Waals surface area contributed by atoms with Gasteiger partial charge < -0.3 is 5.32 Å². The van der Waals surface area contributed by atoms with Crippen LogP contribution in [-0.4, -0.2) is 31.1 Å². The summed E-state index contributed by atoms with van der Waals surface area (Å²) in [6.45, 7) is 3.83. The second-order valence-electron chi connectivity index (χ2n) is 5.46. The number of pyridine rings is 1. The molecule has 7 nitrogen and oxygen atoms in total. The number of hydrogen-bond donors (Lipinski definition) is 1. The van der Waals surface area contributed by atoms with Gasteiger partial charge in [-0.25, -0.2) is 4.39 Å². The maximum Gasteiger partial charge on any atom is 0.219 e. The highest BCUT2D eigenvalue weighted by Gasteiger charge is 2.12. The van der Waals surface area contributed by atoms with E-state index < -0.39 is 0 Å². The van der Waals surface area contributed by atoms with Gasteiger partial charge in [-0.1, -0.05) is 6.92 Å². The zero-order chi connectivity index (χ0) is 17.8. The molecule has 1 N–H and O–H groups in total. The average molecular weight is 340 g/mol. The fourth-order valence-corrected chi connectivity index (χ4v) is 2.28. The molecule has 0 unspecified atom stereocenters. The summed E-state index contributed by atoms with van der Waals surface area (Å²) < 4.78 is 13.1. The molecule has 0 atom stereocenters. The van der Waals surface area contributed by atoms with Gasteiger partial charge in [-0.3, -0.25) is 9.78 Å². The highest BCUT2D eigenvalue weighted by molar-refractivity contribution is 5.75. The van der Waals surface area contributed by atoms with E-state index in [2.05, 4.69) is 25.7 Å². The summed E-state index contributed by atoms with van der Waals surface area (Å²) in [7, 11) is 0. The molecule has 0 aliphatic rings. The molecule has 0 aliphatic carbocycles. The number of amides is 1. The number of hydrogen-bond acceptors (Lipinski definition) is 5. The fourth-order valence-electron chi connectivity index (χ4n) is 2.28. The van der Waals surface area contributed by atoms with Crippen molar-refractivity contribution < 1.29 is 9.18 Å². The molecule has 0 fully saturated rings. The number of halogens is 1. The number of nitrogens with zero attached hydrogens (tertiary/aromatic N) is 5. The molecule has 0 aliphatic heterocycles. The van der Waals surface area contributed by atoms with E-state index in [9.17, 15) is 9.18 Å². The third-order valence-electron chi connectivity index (χ3n) is 3.63. The van der Waals surface area contributed by atoms with E-state index in [1.165, 1.54) is 16.9 Å². The van der Waals surface area contributed by atoms with E-state index in [1.807, 2.05) is 0 Å². The molecule has 0 saturated carbocycles. The van der Waals surface area contributed by atoms with Gasteiger partial charge in [0.25, 0.3) is 0 Å². The summed E-state index contributed by atoms with van der Waals surface area (Å²) >= 11 is 0. The van der Waals surface area contributed by atoms with Crippen LogP contribution in [0.3, 0.4) is 0 Å². The molecule has 0 bridgehead atoms. The first-order valence-electron chi connectivity index (χ1n) is 7.85. The smallest absolute Gasteiger partial charge is 0.219 e. The van der Waals surface area contributed by atoms with Crippen LogP contribution in [0.15, 0.2) is 36.5 Å². The molecule has 0 spiro atoms. The minimum atomic E-state index is -0.309. The first kappa shape index (κ1) is 16.7. The van der Waals surface area contributed by atoms with Crippen molar-refractivity contribution in [1.82, 2.24) is 30.5 Å². The Bertz CT molecular complexity index is 890. The maximum atomic E-state index is 13.1. The molecule has 2 heterocycles. The first-order chi connectivity index (χ1) is 12.1. The molecule has 1 aromatic carbocycles. The first-order valence-corrected chi connectivity index (χ1v) is 7.85. The summed E-state index contributed by atoms with van der Waals surface area (Å²) in [6, 6.07) is 7.86. The van der Waals surface area contributed by atoms with Gasteiger partial charge in [-0.05, 0) is 42.5 Å². The van der Waals surface area contributed by atoms with Crippen LogP contribution in [0.4, 0.5) is 4.39 Å². The Hall–Kier alpha value is -3.16. The lowest BCUT2D eigenvalue weighted by Gasteiger charge is -2.11. The van der Waals surface area contributed by atoms with E-state index in [0.29, 0.717) is 30.2 Å². The molecule has 3 rings (SSSR count). The second-order valence-corrected chi connectivity index (χ2v) is 5.46. The average Bonchev–Trinajstić information content (AvgIpc) is 3.06. The quantitative estimate of drug-likeness (QED) is 0.769. The third-order valence-corrected chi connectivity index (χ3v) is 3.63. The van der Waals surface area contributed by atoms with Crippen LogP contribution >= 0.6 is 0 Å². The molecular weight excluding hydrogens is 323 g/mol. The Kier molecular flexibility index (Phi) is 4.78. The molecule has 0 radical (unpaired) electrons. The second kappa shape index (κ2) is 7.16. The Balaban J connectivity index is 2.00. The monoisotopic (exact) mass is 340 g/mol. The van der Waals surface area contributed by atoms with Crippen LogP contribution in [-0.2, 0) is 11.3 Å². The summed E-state index contributed by atoms with van der Waals surface area (Å²) in [6.07, 6.45) is 2.06. The lowest BCUT2D eigenvalue weighted by molar-refractivity contribution is -0.120. The maximum absolute atomic E-state index is 13.1. The lowest BCUT2D eigenvalue weighted by atomic mass is 10.1. The van der Waals surface area contributed by atoms with Crippen molar-refractivity contribution in [2.24, 2.45) is 0 Å². The van der Waals surface area contributed by atoms with Crippen molar-refractivity contribution in [3.8, 4) is 16.9 Å². The zero-order valence-corrected chi connectivity index (χ0v) is 13.9. The minimum Gasteiger partial charge on any atom is -0.352 e. The van der Waals surface area contributed by atoms with Gasteiger partial charge in [0.05, 0.1) is 11.4 Å². The summed E-state index contributed by atoms with van der Waals surface area (Å²) in [5.41, 5.74) is 2.83. The molecule has 128 valence electrons. The van der Waals surface area contributed by atoms with Gasteiger partial charge >= 0.3 is 0 Å². The van der Waals surface area contributed by atoms with Gasteiger partial charge in [0.1, 0.15) is 5.82 Å². The highest BCUT2D eigenvalue weighted by Crippen LogP contribution is 2.22. The van der Waals surface area contributed by atoms with Crippen LogP contribution in [0.25, 0.3) is 16.9 Å². The van der Waals surface area contributed by atoms with Crippen LogP contribution < -0.4 is 5.32 Å². The number of aryl methyl sites for hydroxylation is 1. The molecule has 8 heteroatoms. The number of rotatable bonds is 5. The molecule has 0 saturated heterocycles. The van der Waals surface area contributed by atoms with Crippen molar-refractivity contribution in [1.29, 1.82) is 0 Å². The number of nitrogens with one attached hydrogen (secondary N) is 1. The number of carbonyl (C=O) groups excluding carboxylic acids is 1. The third kappa shape index (κ3) is 3.85. The zero-order valence-electron chi connectivity index (χ0n) is 13.9. The molecule has 1 amide bonds. The van der Waals surface area contributed by atoms with Crippen LogP contribution in [0, 0.1) is 12.7 Å². The lowest BCUT2D eigenvalue weighted by Crippen LogP contribution is -2.22. The van der Waals surface area contributed by atoms with E-state index in [1.54, 1.807) is 38.2 Å². The van der Waals surface area contributed by atoms with E-state index >= 15 is 0 Å². The Morgan fingerprint density at radius 3 is 2.68 bits per heavy atom. The van der Waals surface area contributed by atoms with Crippen molar-refractivity contribution in [3.63, 3.8) is 0 Å². The number of carbonyl (C=O) groups is 1. The van der Waals surface area contributed by atoms with Gasteiger partial charge in [-0.2, -0.15) is 0 Å². The minimum absolute atomic E-state index is 0.0590. The van der Waals surface area contributed by atoms with Gasteiger partial charge in [0, 0.05) is 30.3 Å². The largest absolute Gasteiger partial charge is 0.352 e. The number of benzene rings is 1. The summed E-state index contributed by atoms with van der Waals surface area (Å²) in [5, 5.41) is 14.9. The molecular formula is C17H17FN6O. The van der Waals surface area contributed by atoms with Gasteiger partial charge in [0.15, 0.2) is 5.82 Å². The van der Waals surface area contributed by atoms with Crippen molar-refractivity contribution in [3.05, 3.63) is 53.7 Å². The fraction of sp³-hybridized carbons (Fsp3) is 0.235. The topological polar surface area (TPSA) is 85.6 Å². The summed E-state index contributed by atoms with van der Waals surface area (Å²) in [5.74, 6) is 0.163. The number of tetrazole rings is 1. The van der Waals surface area contributed by atoms with Crippen molar-refractivity contribution >= 4 is 5.91 Å². The molecule has 3 aromatic rings. The Morgan fingerprint density at radius 1 is 1.28 bits per heavy atom. The van der Waals surface area contributed by atoms with Crippen LogP contribution in [0.5, 0.6) is 0 Å². The van der Waals surface area contributed by atoms with Crippen molar-refractivity contribution in [2.45, 2.75) is 26.8 Å². The molecule has 2 aromatic heterocycles. The number of aromatic nitrogens is 5. The van der Waals surface area contributed by atoms with Crippen molar-refractivity contribution in [2.75, 3.05) is 0 Å². The van der Waals surface area contributed by atoms with E-state index in [0.717, 1.165) is 11.1 Å². The highest BCUT2D eigenvalue weighted by atomic mass is 19.1. The van der Waals surface area contributed by atoms with Gasteiger partial charge in [0.2, 0.25) is 5.91 Å². The van der Waals surface area contributed by atoms with Crippen LogP contribution in [0.1, 0.15) is 24.7 Å². The predicted molar refractivity (Wildman–Crippen MR) is 89.2 cm³/mol. The SMILES string of the molecule is CCC(=O)NCc1cnc(-c2ccc(F)cc2)cc1-n1nnc(C)n1. The predicted octanol–water partition coefficient (Wildman–Crippen LogP) is 2.20. The molecule has 25 heavy (non-hydrogen) atoms. The van der Waals surface area contributed by atoms with Crippen LogP contribution in [0.2, 0.25) is 0 Å². The van der Waals surface area contributed by atoms with E-state index in [4.69, 9.17) is 0 Å². The Morgan fingerprint density at radius 2 is 2.04 bits per heavy atom. The van der Waals surface area contributed by atoms with Gasteiger partial charge in [-0.15, -0.1) is 15.0 Å².